The molecule has 0 unspecified atom stereocenters. The summed E-state index contributed by atoms with van der Waals surface area (Å²) in [6, 6.07) is 10.3. The van der Waals surface area contributed by atoms with Gasteiger partial charge in [-0.25, -0.2) is 5.43 Å². The summed E-state index contributed by atoms with van der Waals surface area (Å²) in [5.41, 5.74) is 3.49. The van der Waals surface area contributed by atoms with E-state index in [9.17, 15) is 9.59 Å². The second kappa shape index (κ2) is 6.29. The number of benzene rings is 1. The largest absolute Gasteiger partial charge is 0.318 e. The van der Waals surface area contributed by atoms with Gasteiger partial charge >= 0.3 is 0 Å². The summed E-state index contributed by atoms with van der Waals surface area (Å²) in [5.74, 6) is -0.367. The van der Waals surface area contributed by atoms with Crippen LogP contribution >= 0.6 is 15.9 Å². The first-order chi connectivity index (χ1) is 9.56. The lowest BCUT2D eigenvalue weighted by atomic mass is 10.2. The molecule has 1 aromatic carbocycles. The normalized spacial score (nSPS) is 10.7. The van der Waals surface area contributed by atoms with Gasteiger partial charge in [0.2, 0.25) is 5.56 Å². The first kappa shape index (κ1) is 14.2. The number of carbonyl (C=O) groups is 1. The average molecular weight is 334 g/mol. The third-order valence-electron chi connectivity index (χ3n) is 2.60. The maximum absolute atomic E-state index is 11.8. The molecule has 1 aromatic heterocycles. The summed E-state index contributed by atoms with van der Waals surface area (Å²) < 4.78 is 2.32. The molecule has 2 aromatic rings. The van der Waals surface area contributed by atoms with E-state index in [0.717, 1.165) is 10.0 Å². The van der Waals surface area contributed by atoms with E-state index in [2.05, 4.69) is 26.5 Å². The van der Waals surface area contributed by atoms with Crippen molar-refractivity contribution >= 4 is 28.1 Å². The summed E-state index contributed by atoms with van der Waals surface area (Å²) in [6.07, 6.45) is 3.01. The van der Waals surface area contributed by atoms with Crippen LogP contribution in [0.5, 0.6) is 0 Å². The topological polar surface area (TPSA) is 63.5 Å². The molecule has 1 heterocycles. The summed E-state index contributed by atoms with van der Waals surface area (Å²) in [6.45, 7) is 0. The van der Waals surface area contributed by atoms with E-state index < -0.39 is 0 Å². The Morgan fingerprint density at radius 2 is 1.95 bits per heavy atom. The highest BCUT2D eigenvalue weighted by atomic mass is 79.9. The Kier molecular flexibility index (Phi) is 4.47. The molecule has 6 heteroatoms. The molecular formula is C14H12BrN3O2. The van der Waals surface area contributed by atoms with Crippen LogP contribution in [0.25, 0.3) is 0 Å². The van der Waals surface area contributed by atoms with Gasteiger partial charge in [0.25, 0.3) is 5.91 Å². The third-order valence-corrected chi connectivity index (χ3v) is 3.13. The van der Waals surface area contributed by atoms with Gasteiger partial charge in [0.15, 0.2) is 0 Å². The van der Waals surface area contributed by atoms with Crippen LogP contribution in [0.2, 0.25) is 0 Å². The molecule has 5 nitrogen and oxygen atoms in total. The monoisotopic (exact) mass is 333 g/mol. The van der Waals surface area contributed by atoms with E-state index >= 15 is 0 Å². The highest BCUT2D eigenvalue weighted by molar-refractivity contribution is 9.10. The van der Waals surface area contributed by atoms with Gasteiger partial charge in [-0.15, -0.1) is 0 Å². The molecular weight excluding hydrogens is 322 g/mol. The van der Waals surface area contributed by atoms with Crippen molar-refractivity contribution in [1.29, 1.82) is 0 Å². The van der Waals surface area contributed by atoms with E-state index in [0.29, 0.717) is 5.56 Å². The SMILES string of the molecule is Cn1cc(C(=O)N/N=C/c2ccc(Br)cc2)ccc1=O. The molecule has 0 spiro atoms. The van der Waals surface area contributed by atoms with Crippen molar-refractivity contribution in [3.63, 3.8) is 0 Å². The lowest BCUT2D eigenvalue weighted by molar-refractivity contribution is 0.0954. The molecule has 0 fully saturated rings. The third kappa shape index (κ3) is 3.64. The molecule has 0 saturated heterocycles. The Bertz CT molecular complexity index is 705. The predicted octanol–water partition coefficient (Wildman–Crippen LogP) is 1.91. The van der Waals surface area contributed by atoms with Crippen molar-refractivity contribution in [2.75, 3.05) is 0 Å². The molecule has 2 rings (SSSR count). The Morgan fingerprint density at radius 1 is 1.25 bits per heavy atom. The van der Waals surface area contributed by atoms with Crippen molar-refractivity contribution in [1.82, 2.24) is 9.99 Å². The van der Waals surface area contributed by atoms with Crippen molar-refractivity contribution in [3.05, 3.63) is 68.5 Å². The average Bonchev–Trinajstić information content (AvgIpc) is 2.44. The Balaban J connectivity index is 2.03. The first-order valence-corrected chi connectivity index (χ1v) is 6.61. The van der Waals surface area contributed by atoms with Gasteiger partial charge in [-0.3, -0.25) is 9.59 Å². The van der Waals surface area contributed by atoms with E-state index in [1.165, 1.54) is 22.9 Å². The molecule has 1 amide bonds. The van der Waals surface area contributed by atoms with Crippen molar-refractivity contribution in [2.24, 2.45) is 12.1 Å². The van der Waals surface area contributed by atoms with Crippen LogP contribution in [0, 0.1) is 0 Å². The number of carbonyl (C=O) groups excluding carboxylic acids is 1. The number of aryl methyl sites for hydroxylation is 1. The Labute approximate surface area is 124 Å². The molecule has 1 N–H and O–H groups in total. The fraction of sp³-hybridized carbons (Fsp3) is 0.0714. The smallest absolute Gasteiger partial charge is 0.272 e. The highest BCUT2D eigenvalue weighted by Gasteiger charge is 2.04. The number of hydrogen-bond acceptors (Lipinski definition) is 3. The zero-order valence-electron chi connectivity index (χ0n) is 10.7. The minimum atomic E-state index is -0.367. The zero-order chi connectivity index (χ0) is 14.5. The van der Waals surface area contributed by atoms with Crippen LogP contribution in [0.1, 0.15) is 15.9 Å². The van der Waals surface area contributed by atoms with Crippen molar-refractivity contribution in [3.8, 4) is 0 Å². The maximum atomic E-state index is 11.8. The van der Waals surface area contributed by atoms with E-state index in [1.54, 1.807) is 13.3 Å². The highest BCUT2D eigenvalue weighted by Crippen LogP contribution is 2.08. The number of hydrogen-bond donors (Lipinski definition) is 1. The molecule has 0 radical (unpaired) electrons. The van der Waals surface area contributed by atoms with Crippen LogP contribution < -0.4 is 11.0 Å². The Hall–Kier alpha value is -2.21. The molecule has 0 saturated carbocycles. The lowest BCUT2D eigenvalue weighted by Gasteiger charge is -2.02. The first-order valence-electron chi connectivity index (χ1n) is 5.82. The molecule has 0 atom stereocenters. The number of nitrogens with zero attached hydrogens (tertiary/aromatic N) is 2. The van der Waals surface area contributed by atoms with Gasteiger partial charge in [-0.05, 0) is 23.8 Å². The number of amides is 1. The predicted molar refractivity (Wildman–Crippen MR) is 80.9 cm³/mol. The van der Waals surface area contributed by atoms with Gasteiger partial charge in [0.05, 0.1) is 11.8 Å². The number of rotatable bonds is 3. The van der Waals surface area contributed by atoms with Gasteiger partial charge in [0, 0.05) is 23.8 Å². The van der Waals surface area contributed by atoms with Crippen LogP contribution in [-0.4, -0.2) is 16.7 Å². The summed E-state index contributed by atoms with van der Waals surface area (Å²) in [4.78, 5) is 23.0. The van der Waals surface area contributed by atoms with Gasteiger partial charge in [-0.1, -0.05) is 28.1 Å². The summed E-state index contributed by atoms with van der Waals surface area (Å²) in [7, 11) is 1.59. The number of nitrogens with one attached hydrogen (secondary N) is 1. The van der Waals surface area contributed by atoms with Gasteiger partial charge in [-0.2, -0.15) is 5.10 Å². The van der Waals surface area contributed by atoms with Crippen molar-refractivity contribution in [2.45, 2.75) is 0 Å². The van der Waals surface area contributed by atoms with Crippen LogP contribution in [0.4, 0.5) is 0 Å². The minimum absolute atomic E-state index is 0.167. The quantitative estimate of drug-likeness (QED) is 0.688. The maximum Gasteiger partial charge on any atom is 0.272 e. The molecule has 20 heavy (non-hydrogen) atoms. The fourth-order valence-corrected chi connectivity index (χ4v) is 1.77. The fourth-order valence-electron chi connectivity index (χ4n) is 1.51. The second-order valence-electron chi connectivity index (χ2n) is 4.12. The molecule has 0 aliphatic carbocycles. The van der Waals surface area contributed by atoms with Crippen molar-refractivity contribution < 1.29 is 4.79 Å². The summed E-state index contributed by atoms with van der Waals surface area (Å²) >= 11 is 3.34. The van der Waals surface area contributed by atoms with Crippen LogP contribution in [0.15, 0.2) is 57.0 Å². The summed E-state index contributed by atoms with van der Waals surface area (Å²) in [5, 5.41) is 3.87. The molecule has 0 aliphatic heterocycles. The van der Waals surface area contributed by atoms with Gasteiger partial charge < -0.3 is 4.57 Å². The van der Waals surface area contributed by atoms with Crippen LogP contribution in [0.3, 0.4) is 0 Å². The number of aromatic nitrogens is 1. The van der Waals surface area contributed by atoms with E-state index in [1.807, 2.05) is 24.3 Å². The number of halogens is 1. The zero-order valence-corrected chi connectivity index (χ0v) is 12.3. The second-order valence-corrected chi connectivity index (χ2v) is 5.03. The van der Waals surface area contributed by atoms with E-state index in [-0.39, 0.29) is 11.5 Å². The molecule has 0 aliphatic rings. The van der Waals surface area contributed by atoms with E-state index in [4.69, 9.17) is 0 Å². The Morgan fingerprint density at radius 3 is 2.60 bits per heavy atom. The minimum Gasteiger partial charge on any atom is -0.318 e. The van der Waals surface area contributed by atoms with Crippen LogP contribution in [-0.2, 0) is 7.05 Å². The molecule has 0 bridgehead atoms. The lowest BCUT2D eigenvalue weighted by Crippen LogP contribution is -2.22. The molecule has 102 valence electrons. The van der Waals surface area contributed by atoms with Gasteiger partial charge in [0.1, 0.15) is 0 Å². The standard InChI is InChI=1S/C14H12BrN3O2/c1-18-9-11(4-7-13(18)19)14(20)17-16-8-10-2-5-12(15)6-3-10/h2-9H,1H3,(H,17,20)/b16-8+. The number of hydrazone groups is 1. The number of pyridine rings is 1.